The molecule has 21 heavy (non-hydrogen) atoms. The third-order valence-corrected chi connectivity index (χ3v) is 3.78. The van der Waals surface area contributed by atoms with E-state index in [4.69, 9.17) is 4.42 Å². The number of dihydropyridines is 1. The maximum absolute atomic E-state index is 12.7. The molecule has 3 nitrogen and oxygen atoms in total. The van der Waals surface area contributed by atoms with E-state index in [9.17, 15) is 4.79 Å². The topological polar surface area (TPSA) is 42.2 Å². The summed E-state index contributed by atoms with van der Waals surface area (Å²) < 4.78 is 5.82. The molecule has 1 N–H and O–H groups in total. The molecule has 0 spiro atoms. The molecule has 1 aromatic rings. The van der Waals surface area contributed by atoms with E-state index in [2.05, 4.69) is 5.32 Å². The zero-order chi connectivity index (χ0) is 14.2. The van der Waals surface area contributed by atoms with Crippen LogP contribution >= 0.6 is 0 Å². The Balaban J connectivity index is 1.98. The Labute approximate surface area is 121 Å². The van der Waals surface area contributed by atoms with Crippen molar-refractivity contribution < 1.29 is 4.42 Å². The van der Waals surface area contributed by atoms with Crippen LogP contribution in [-0.4, -0.2) is 0 Å². The summed E-state index contributed by atoms with van der Waals surface area (Å²) in [4.78, 5) is 12.7. The van der Waals surface area contributed by atoms with Crippen LogP contribution in [0.5, 0.6) is 0 Å². The number of allylic oxidation sites excluding steroid dienone is 2. The van der Waals surface area contributed by atoms with Gasteiger partial charge in [-0.1, -0.05) is 36.4 Å². The summed E-state index contributed by atoms with van der Waals surface area (Å²) in [5.41, 5.74) is 2.22. The fourth-order valence-electron chi connectivity index (χ4n) is 2.70. The third kappa shape index (κ3) is 1.94. The van der Waals surface area contributed by atoms with Crippen molar-refractivity contribution in [2.24, 2.45) is 0 Å². The van der Waals surface area contributed by atoms with Crippen LogP contribution in [0.4, 0.5) is 0 Å². The lowest BCUT2D eigenvalue weighted by atomic mass is 9.94. The number of hydrogen-bond acceptors (Lipinski definition) is 3. The molecular formula is C18H13NO2. The van der Waals surface area contributed by atoms with Crippen LogP contribution in [-0.2, 0) is 0 Å². The van der Waals surface area contributed by atoms with Gasteiger partial charge in [0, 0.05) is 16.9 Å². The standard InChI is InChI=1S/C18H13NO2/c20-18-14(12-7-9-19-10-8-12)5-6-17-15(18)11-13-3-1-2-4-16(13)21-17/h1-12,19H. The second kappa shape index (κ2) is 4.63. The summed E-state index contributed by atoms with van der Waals surface area (Å²) in [6.45, 7) is 0. The predicted molar refractivity (Wildman–Crippen MR) is 83.3 cm³/mol. The van der Waals surface area contributed by atoms with Crippen molar-refractivity contribution in [3.63, 3.8) is 0 Å². The lowest BCUT2D eigenvalue weighted by Crippen LogP contribution is -2.16. The maximum atomic E-state index is 12.7. The Morgan fingerprint density at radius 1 is 1.00 bits per heavy atom. The minimum Gasteiger partial charge on any atom is -0.456 e. The fourth-order valence-corrected chi connectivity index (χ4v) is 2.70. The summed E-state index contributed by atoms with van der Waals surface area (Å²) in [5.74, 6) is 0.638. The number of rotatable bonds is 1. The summed E-state index contributed by atoms with van der Waals surface area (Å²) in [7, 11) is 0. The highest BCUT2D eigenvalue weighted by atomic mass is 16.3. The summed E-state index contributed by atoms with van der Waals surface area (Å²) in [6.07, 6.45) is 7.64. The van der Waals surface area contributed by atoms with Gasteiger partial charge in [-0.05, 0) is 30.6 Å². The van der Waals surface area contributed by atoms with E-state index in [1.807, 2.05) is 67.0 Å². The van der Waals surface area contributed by atoms with Gasteiger partial charge in [-0.3, -0.25) is 4.79 Å². The lowest BCUT2D eigenvalue weighted by molar-refractivity contribution is 0.618. The zero-order valence-electron chi connectivity index (χ0n) is 11.2. The molecule has 0 saturated heterocycles. The highest BCUT2D eigenvalue weighted by molar-refractivity contribution is 5.82. The van der Waals surface area contributed by atoms with E-state index in [-0.39, 0.29) is 11.3 Å². The van der Waals surface area contributed by atoms with Crippen LogP contribution in [0.15, 0.2) is 76.2 Å². The molecule has 0 radical (unpaired) electrons. The highest BCUT2D eigenvalue weighted by Crippen LogP contribution is 2.28. The van der Waals surface area contributed by atoms with Gasteiger partial charge in [-0.15, -0.1) is 0 Å². The minimum atomic E-state index is 0.00891. The molecule has 2 heterocycles. The number of para-hydroxylation sites is 1. The number of benzene rings is 2. The van der Waals surface area contributed by atoms with Crippen LogP contribution < -0.4 is 10.7 Å². The normalized spacial score (nSPS) is 14.7. The fraction of sp³-hybridized carbons (Fsp3) is 0.0556. The van der Waals surface area contributed by atoms with Gasteiger partial charge in [0.05, 0.1) is 5.56 Å². The summed E-state index contributed by atoms with van der Waals surface area (Å²) in [5, 5.41) is 3.92. The number of nitrogens with one attached hydrogen (secondary N) is 1. The quantitative estimate of drug-likeness (QED) is 0.690. The highest BCUT2D eigenvalue weighted by Gasteiger charge is 2.17. The molecule has 3 aliphatic rings. The van der Waals surface area contributed by atoms with Gasteiger partial charge in [-0.25, -0.2) is 0 Å². The van der Waals surface area contributed by atoms with Crippen LogP contribution in [0.1, 0.15) is 11.5 Å². The second-order valence-electron chi connectivity index (χ2n) is 5.09. The molecule has 2 aliphatic heterocycles. The first kappa shape index (κ1) is 12.0. The van der Waals surface area contributed by atoms with Gasteiger partial charge >= 0.3 is 0 Å². The van der Waals surface area contributed by atoms with E-state index >= 15 is 0 Å². The van der Waals surface area contributed by atoms with E-state index in [1.165, 1.54) is 0 Å². The predicted octanol–water partition coefficient (Wildman–Crippen LogP) is 3.61. The SMILES string of the molecule is O=c1c2cc3ccccc3oc-2ccc1C1C=CNC=C1. The average molecular weight is 275 g/mol. The van der Waals surface area contributed by atoms with Crippen molar-refractivity contribution in [3.05, 3.63) is 82.8 Å². The minimum absolute atomic E-state index is 0.00891. The lowest BCUT2D eigenvalue weighted by Gasteiger charge is -2.14. The van der Waals surface area contributed by atoms with Crippen molar-refractivity contribution in [3.8, 4) is 11.3 Å². The van der Waals surface area contributed by atoms with Gasteiger partial charge in [0.2, 0.25) is 0 Å². The van der Waals surface area contributed by atoms with E-state index < -0.39 is 0 Å². The Morgan fingerprint density at radius 3 is 2.67 bits per heavy atom. The molecule has 4 rings (SSSR count). The Kier molecular flexibility index (Phi) is 2.64. The smallest absolute Gasteiger partial charge is 0.193 e. The molecule has 0 unspecified atom stereocenters. The Hall–Kier alpha value is -2.81. The van der Waals surface area contributed by atoms with Crippen molar-refractivity contribution in [2.45, 2.75) is 5.92 Å². The van der Waals surface area contributed by atoms with Gasteiger partial charge in [0.15, 0.2) is 5.43 Å². The molecule has 1 aliphatic carbocycles. The molecular weight excluding hydrogens is 262 g/mol. The summed E-state index contributed by atoms with van der Waals surface area (Å²) >= 11 is 0. The van der Waals surface area contributed by atoms with Crippen molar-refractivity contribution in [1.82, 2.24) is 5.32 Å². The second-order valence-corrected chi connectivity index (χ2v) is 5.09. The Morgan fingerprint density at radius 2 is 1.81 bits per heavy atom. The van der Waals surface area contributed by atoms with Gasteiger partial charge in [0.25, 0.3) is 0 Å². The molecule has 3 heteroatoms. The van der Waals surface area contributed by atoms with Gasteiger partial charge < -0.3 is 9.73 Å². The monoisotopic (exact) mass is 275 g/mol. The third-order valence-electron chi connectivity index (χ3n) is 3.78. The molecule has 0 aromatic heterocycles. The average Bonchev–Trinajstić information content (AvgIpc) is 2.55. The van der Waals surface area contributed by atoms with Crippen molar-refractivity contribution >= 4 is 11.0 Å². The molecule has 0 fully saturated rings. The van der Waals surface area contributed by atoms with Crippen LogP contribution in [0, 0.1) is 0 Å². The van der Waals surface area contributed by atoms with Gasteiger partial charge in [-0.2, -0.15) is 0 Å². The zero-order valence-corrected chi connectivity index (χ0v) is 11.2. The molecule has 0 bridgehead atoms. The van der Waals surface area contributed by atoms with Gasteiger partial charge in [0.1, 0.15) is 11.3 Å². The molecule has 1 aromatic carbocycles. The first-order chi connectivity index (χ1) is 10.3. The first-order valence-corrected chi connectivity index (χ1v) is 6.88. The van der Waals surface area contributed by atoms with E-state index in [1.54, 1.807) is 0 Å². The van der Waals surface area contributed by atoms with E-state index in [0.717, 1.165) is 16.5 Å². The Bertz CT molecular complexity index is 893. The number of fused-ring (bicyclic) bond motifs is 2. The number of hydrogen-bond donors (Lipinski definition) is 1. The maximum Gasteiger partial charge on any atom is 0.193 e. The first-order valence-electron chi connectivity index (χ1n) is 6.88. The van der Waals surface area contributed by atoms with E-state index in [0.29, 0.717) is 11.3 Å². The summed E-state index contributed by atoms with van der Waals surface area (Å²) in [6, 6.07) is 13.4. The van der Waals surface area contributed by atoms with Crippen molar-refractivity contribution in [2.75, 3.05) is 0 Å². The molecule has 102 valence electrons. The van der Waals surface area contributed by atoms with Crippen LogP contribution in [0.3, 0.4) is 0 Å². The molecule has 0 saturated carbocycles. The largest absolute Gasteiger partial charge is 0.456 e. The van der Waals surface area contributed by atoms with Crippen LogP contribution in [0.25, 0.3) is 22.3 Å². The van der Waals surface area contributed by atoms with Crippen molar-refractivity contribution in [1.29, 1.82) is 0 Å². The molecule has 0 atom stereocenters. The molecule has 0 amide bonds. The van der Waals surface area contributed by atoms with Crippen LogP contribution in [0.2, 0.25) is 0 Å².